The molecule has 2 heterocycles. The summed E-state index contributed by atoms with van der Waals surface area (Å²) in [7, 11) is 0. The minimum Gasteiger partial charge on any atom is -0.436 e. The number of rotatable bonds is 4. The molecule has 0 bridgehead atoms. The summed E-state index contributed by atoms with van der Waals surface area (Å²) in [4.78, 5) is 21.3. The van der Waals surface area contributed by atoms with Crippen LogP contribution < -0.4 is 4.74 Å². The van der Waals surface area contributed by atoms with Crippen molar-refractivity contribution in [3.8, 4) is 11.6 Å². The zero-order valence-electron chi connectivity index (χ0n) is 15.3. The molecule has 1 saturated heterocycles. The van der Waals surface area contributed by atoms with Crippen molar-refractivity contribution in [2.45, 2.75) is 31.7 Å². The van der Waals surface area contributed by atoms with Crippen LogP contribution in [-0.4, -0.2) is 52.9 Å². The minimum absolute atomic E-state index is 0.00832. The van der Waals surface area contributed by atoms with Crippen molar-refractivity contribution in [1.82, 2.24) is 14.8 Å². The van der Waals surface area contributed by atoms with Gasteiger partial charge in [-0.15, -0.1) is 0 Å². The lowest BCUT2D eigenvalue weighted by Gasteiger charge is -2.38. The third-order valence-electron chi connectivity index (χ3n) is 5.48. The van der Waals surface area contributed by atoms with E-state index in [0.717, 1.165) is 26.2 Å². The van der Waals surface area contributed by atoms with Gasteiger partial charge in [-0.3, -0.25) is 9.69 Å². The van der Waals surface area contributed by atoms with Gasteiger partial charge in [-0.2, -0.15) is 0 Å². The highest BCUT2D eigenvalue weighted by Crippen LogP contribution is 2.25. The Labute approximate surface area is 158 Å². The molecule has 1 saturated carbocycles. The number of benzene rings is 1. The lowest BCUT2D eigenvalue weighted by atomic mass is 10.1. The van der Waals surface area contributed by atoms with E-state index in [9.17, 15) is 9.18 Å². The van der Waals surface area contributed by atoms with Gasteiger partial charge in [0, 0.05) is 44.5 Å². The molecule has 0 spiro atoms. The molecule has 2 aromatic rings. The van der Waals surface area contributed by atoms with Crippen LogP contribution in [-0.2, 0) is 0 Å². The Kier molecular flexibility index (Phi) is 5.34. The molecule has 1 aromatic heterocycles. The third kappa shape index (κ3) is 4.11. The molecule has 2 aliphatic rings. The fourth-order valence-corrected chi connectivity index (χ4v) is 3.95. The smallest absolute Gasteiger partial charge is 0.255 e. The van der Waals surface area contributed by atoms with Crippen LogP contribution in [0.5, 0.6) is 11.6 Å². The molecule has 0 N–H and O–H groups in total. The number of nitrogens with zero attached hydrogens (tertiary/aromatic N) is 3. The van der Waals surface area contributed by atoms with E-state index in [-0.39, 0.29) is 17.5 Å². The number of piperazine rings is 1. The van der Waals surface area contributed by atoms with Crippen molar-refractivity contribution in [3.05, 3.63) is 54.0 Å². The maximum absolute atomic E-state index is 13.7. The number of hydrogen-bond acceptors (Lipinski definition) is 4. The molecule has 0 radical (unpaired) electrons. The lowest BCUT2D eigenvalue weighted by Crippen LogP contribution is -2.51. The second-order valence-corrected chi connectivity index (χ2v) is 7.18. The average Bonchev–Trinajstić information content (AvgIpc) is 3.25. The molecule has 1 aliphatic heterocycles. The van der Waals surface area contributed by atoms with E-state index in [1.165, 1.54) is 37.9 Å². The van der Waals surface area contributed by atoms with E-state index in [4.69, 9.17) is 4.74 Å². The Bertz CT molecular complexity index is 782. The molecular formula is C21H24FN3O2. The van der Waals surface area contributed by atoms with Gasteiger partial charge < -0.3 is 9.64 Å². The monoisotopic (exact) mass is 369 g/mol. The number of halogens is 1. The number of pyridine rings is 1. The molecule has 4 rings (SSSR count). The van der Waals surface area contributed by atoms with E-state index in [1.54, 1.807) is 30.3 Å². The van der Waals surface area contributed by atoms with E-state index in [2.05, 4.69) is 9.88 Å². The fourth-order valence-electron chi connectivity index (χ4n) is 3.95. The summed E-state index contributed by atoms with van der Waals surface area (Å²) in [5.41, 5.74) is 0.533. The summed E-state index contributed by atoms with van der Waals surface area (Å²) >= 11 is 0. The van der Waals surface area contributed by atoms with E-state index in [1.807, 2.05) is 4.90 Å². The molecule has 1 aromatic carbocycles. The van der Waals surface area contributed by atoms with E-state index < -0.39 is 5.82 Å². The highest BCUT2D eigenvalue weighted by Gasteiger charge is 2.28. The number of aromatic nitrogens is 1. The van der Waals surface area contributed by atoms with Crippen molar-refractivity contribution < 1.29 is 13.9 Å². The van der Waals surface area contributed by atoms with Gasteiger partial charge in [-0.1, -0.05) is 25.0 Å². The highest BCUT2D eigenvalue weighted by molar-refractivity contribution is 5.94. The Morgan fingerprint density at radius 1 is 1.04 bits per heavy atom. The van der Waals surface area contributed by atoms with Crippen LogP contribution in [0.25, 0.3) is 0 Å². The zero-order chi connectivity index (χ0) is 18.6. The van der Waals surface area contributed by atoms with Crippen molar-refractivity contribution >= 4 is 5.91 Å². The molecule has 27 heavy (non-hydrogen) atoms. The first kappa shape index (κ1) is 17.9. The van der Waals surface area contributed by atoms with Crippen LogP contribution in [0.4, 0.5) is 4.39 Å². The minimum atomic E-state index is -0.445. The molecule has 0 atom stereocenters. The van der Waals surface area contributed by atoms with Gasteiger partial charge in [0.15, 0.2) is 11.6 Å². The quantitative estimate of drug-likeness (QED) is 0.824. The lowest BCUT2D eigenvalue weighted by molar-refractivity contribution is 0.0573. The van der Waals surface area contributed by atoms with Crippen LogP contribution in [0, 0.1) is 5.82 Å². The van der Waals surface area contributed by atoms with Crippen LogP contribution >= 0.6 is 0 Å². The molecule has 142 valence electrons. The molecule has 2 fully saturated rings. The summed E-state index contributed by atoms with van der Waals surface area (Å²) in [6.07, 6.45) is 6.75. The fraction of sp³-hybridized carbons (Fsp3) is 0.429. The predicted molar refractivity (Wildman–Crippen MR) is 100 cm³/mol. The summed E-state index contributed by atoms with van der Waals surface area (Å²) in [5.74, 6) is -0.0691. The van der Waals surface area contributed by atoms with Crippen molar-refractivity contribution in [1.29, 1.82) is 0 Å². The Hall–Kier alpha value is -2.47. The Balaban J connectivity index is 1.35. The molecular weight excluding hydrogens is 345 g/mol. The van der Waals surface area contributed by atoms with Gasteiger partial charge in [0.1, 0.15) is 0 Å². The molecule has 0 unspecified atom stereocenters. The van der Waals surface area contributed by atoms with Crippen molar-refractivity contribution in [3.63, 3.8) is 0 Å². The van der Waals surface area contributed by atoms with E-state index >= 15 is 0 Å². The van der Waals surface area contributed by atoms with Crippen molar-refractivity contribution in [2.75, 3.05) is 26.2 Å². The van der Waals surface area contributed by atoms with Crippen molar-refractivity contribution in [2.24, 2.45) is 0 Å². The maximum Gasteiger partial charge on any atom is 0.255 e. The number of carbonyl (C=O) groups excluding carboxylic acids is 1. The standard InChI is InChI=1S/C21H24FN3O2/c22-18-7-3-4-8-19(18)27-20-10-9-16(15-23-20)21(26)25-13-11-24(12-14-25)17-5-1-2-6-17/h3-4,7-10,15,17H,1-2,5-6,11-14H2. The number of amides is 1. The first-order valence-electron chi connectivity index (χ1n) is 9.62. The van der Waals surface area contributed by atoms with Gasteiger partial charge in [-0.25, -0.2) is 9.37 Å². The van der Waals surface area contributed by atoms with E-state index in [0.29, 0.717) is 11.6 Å². The van der Waals surface area contributed by atoms with Gasteiger partial charge in [0.25, 0.3) is 5.91 Å². The summed E-state index contributed by atoms with van der Waals surface area (Å²) < 4.78 is 19.1. The van der Waals surface area contributed by atoms with Crippen LogP contribution in [0.1, 0.15) is 36.0 Å². The number of ether oxygens (including phenoxy) is 1. The number of para-hydroxylation sites is 1. The normalized spacial score (nSPS) is 18.6. The van der Waals surface area contributed by atoms with Gasteiger partial charge in [0.2, 0.25) is 5.88 Å². The number of hydrogen-bond donors (Lipinski definition) is 0. The Morgan fingerprint density at radius 3 is 2.44 bits per heavy atom. The molecule has 6 heteroatoms. The zero-order valence-corrected chi connectivity index (χ0v) is 15.3. The first-order chi connectivity index (χ1) is 13.2. The SMILES string of the molecule is O=C(c1ccc(Oc2ccccc2F)nc1)N1CCN(C2CCCC2)CC1. The van der Waals surface area contributed by atoms with Gasteiger partial charge >= 0.3 is 0 Å². The summed E-state index contributed by atoms with van der Waals surface area (Å²) in [6, 6.07) is 10.2. The van der Waals surface area contributed by atoms with Gasteiger partial charge in [-0.05, 0) is 31.0 Å². The van der Waals surface area contributed by atoms with Crippen LogP contribution in [0.3, 0.4) is 0 Å². The largest absolute Gasteiger partial charge is 0.436 e. The Morgan fingerprint density at radius 2 is 1.78 bits per heavy atom. The molecule has 1 aliphatic carbocycles. The number of carbonyl (C=O) groups is 1. The second kappa shape index (κ2) is 8.05. The average molecular weight is 369 g/mol. The maximum atomic E-state index is 13.7. The first-order valence-corrected chi connectivity index (χ1v) is 9.62. The van der Waals surface area contributed by atoms with Crippen LogP contribution in [0.2, 0.25) is 0 Å². The predicted octanol–water partition coefficient (Wildman–Crippen LogP) is 3.71. The van der Waals surface area contributed by atoms with Crippen LogP contribution in [0.15, 0.2) is 42.6 Å². The topological polar surface area (TPSA) is 45.7 Å². The highest BCUT2D eigenvalue weighted by atomic mass is 19.1. The summed E-state index contributed by atoms with van der Waals surface area (Å²) in [6.45, 7) is 3.39. The summed E-state index contributed by atoms with van der Waals surface area (Å²) in [5, 5.41) is 0. The molecule has 1 amide bonds. The third-order valence-corrected chi connectivity index (χ3v) is 5.48. The molecule has 5 nitrogen and oxygen atoms in total. The second-order valence-electron chi connectivity index (χ2n) is 7.18. The van der Waals surface area contributed by atoms with Gasteiger partial charge in [0.05, 0.1) is 5.56 Å².